The highest BCUT2D eigenvalue weighted by molar-refractivity contribution is 7.09. The molecule has 4 nitrogen and oxygen atoms in total. The maximum Gasteiger partial charge on any atom is 0.140 e. The van der Waals surface area contributed by atoms with Crippen LogP contribution in [-0.2, 0) is 13.2 Å². The van der Waals surface area contributed by atoms with E-state index in [1.54, 1.807) is 23.5 Å². The first-order valence-electron chi connectivity index (χ1n) is 8.85. The molecule has 0 spiro atoms. The van der Waals surface area contributed by atoms with Crippen LogP contribution < -0.4 is 4.74 Å². The molecule has 1 saturated heterocycles. The Bertz CT molecular complexity index is 651. The van der Waals surface area contributed by atoms with Gasteiger partial charge in [0.25, 0.3) is 0 Å². The van der Waals surface area contributed by atoms with E-state index in [2.05, 4.69) is 34.0 Å². The van der Waals surface area contributed by atoms with Crippen LogP contribution in [0.25, 0.3) is 0 Å². The highest BCUT2D eigenvalue weighted by atomic mass is 32.1. The largest absolute Gasteiger partial charge is 0.486 e. The Kier molecular flexibility index (Phi) is 6.39. The smallest absolute Gasteiger partial charge is 0.140 e. The van der Waals surface area contributed by atoms with E-state index >= 15 is 0 Å². The standard InChI is InChI=1S/C19H26FN3OS/c1-15(2)11-22-7-9-23(10-8-22)12-17-14-25-19(21-17)13-24-18-5-3-16(20)4-6-18/h3-6,14-15H,7-13H2,1-2H3. The first kappa shape index (κ1) is 18.3. The van der Waals surface area contributed by atoms with Crippen molar-refractivity contribution >= 4 is 11.3 Å². The van der Waals surface area contributed by atoms with Crippen LogP contribution in [0, 0.1) is 11.7 Å². The molecule has 6 heteroatoms. The lowest BCUT2D eigenvalue weighted by atomic mass is 10.2. The van der Waals surface area contributed by atoms with Crippen molar-refractivity contribution in [2.75, 3.05) is 32.7 Å². The zero-order chi connectivity index (χ0) is 17.6. The number of benzene rings is 1. The topological polar surface area (TPSA) is 28.6 Å². The molecule has 1 fully saturated rings. The Morgan fingerprint density at radius 1 is 1.12 bits per heavy atom. The zero-order valence-electron chi connectivity index (χ0n) is 14.9. The maximum atomic E-state index is 12.9. The third-order valence-electron chi connectivity index (χ3n) is 4.25. The summed E-state index contributed by atoms with van der Waals surface area (Å²) in [5, 5.41) is 3.07. The molecule has 3 rings (SSSR count). The van der Waals surface area contributed by atoms with Crippen LogP contribution >= 0.6 is 11.3 Å². The Labute approximate surface area is 153 Å². The van der Waals surface area contributed by atoms with Crippen LogP contribution in [0.4, 0.5) is 4.39 Å². The minimum atomic E-state index is -0.252. The molecule has 136 valence electrons. The molecular formula is C19H26FN3OS. The summed E-state index contributed by atoms with van der Waals surface area (Å²) < 4.78 is 18.6. The molecule has 0 amide bonds. The summed E-state index contributed by atoms with van der Waals surface area (Å²) in [5.41, 5.74) is 1.11. The number of halogens is 1. The molecule has 0 N–H and O–H groups in total. The number of piperazine rings is 1. The van der Waals surface area contributed by atoms with Gasteiger partial charge in [-0.3, -0.25) is 4.90 Å². The molecule has 2 aromatic rings. The number of hydrogen-bond acceptors (Lipinski definition) is 5. The predicted octanol–water partition coefficient (Wildman–Crippen LogP) is 3.63. The van der Waals surface area contributed by atoms with Crippen LogP contribution in [0.5, 0.6) is 5.75 Å². The number of ether oxygens (including phenoxy) is 1. The molecule has 2 heterocycles. The number of rotatable bonds is 7. The summed E-state index contributed by atoms with van der Waals surface area (Å²) in [4.78, 5) is 9.68. The fourth-order valence-corrected chi connectivity index (χ4v) is 3.74. The second-order valence-corrected chi connectivity index (χ2v) is 7.89. The van der Waals surface area contributed by atoms with Gasteiger partial charge in [-0.25, -0.2) is 9.37 Å². The summed E-state index contributed by atoms with van der Waals surface area (Å²) in [6.45, 7) is 11.6. The zero-order valence-corrected chi connectivity index (χ0v) is 15.8. The van der Waals surface area contributed by atoms with Gasteiger partial charge in [0, 0.05) is 44.6 Å². The number of aromatic nitrogens is 1. The van der Waals surface area contributed by atoms with Gasteiger partial charge in [0.05, 0.1) is 5.69 Å². The molecule has 0 unspecified atom stereocenters. The van der Waals surface area contributed by atoms with Crippen LogP contribution in [0.1, 0.15) is 24.5 Å². The van der Waals surface area contributed by atoms with Crippen LogP contribution in [0.15, 0.2) is 29.6 Å². The van der Waals surface area contributed by atoms with Gasteiger partial charge in [-0.05, 0) is 30.2 Å². The van der Waals surface area contributed by atoms with Crippen molar-refractivity contribution in [3.8, 4) is 5.75 Å². The van der Waals surface area contributed by atoms with Gasteiger partial charge in [0.1, 0.15) is 23.2 Å². The van der Waals surface area contributed by atoms with Crippen molar-refractivity contribution in [3.05, 3.63) is 46.2 Å². The average molecular weight is 364 g/mol. The molecule has 0 radical (unpaired) electrons. The van der Waals surface area contributed by atoms with E-state index in [4.69, 9.17) is 4.74 Å². The van der Waals surface area contributed by atoms with E-state index in [1.165, 1.54) is 18.7 Å². The fourth-order valence-electron chi connectivity index (χ4n) is 3.04. The molecule has 0 aliphatic carbocycles. The lowest BCUT2D eigenvalue weighted by Gasteiger charge is -2.35. The molecule has 25 heavy (non-hydrogen) atoms. The normalized spacial score (nSPS) is 16.5. The lowest BCUT2D eigenvalue weighted by Crippen LogP contribution is -2.46. The van der Waals surface area contributed by atoms with E-state index in [1.807, 2.05) is 0 Å². The van der Waals surface area contributed by atoms with Crippen molar-refractivity contribution in [2.45, 2.75) is 27.0 Å². The highest BCUT2D eigenvalue weighted by Gasteiger charge is 2.18. The summed E-state index contributed by atoms with van der Waals surface area (Å²) in [6.07, 6.45) is 0. The van der Waals surface area contributed by atoms with Gasteiger partial charge in [-0.15, -0.1) is 11.3 Å². The Morgan fingerprint density at radius 2 is 1.80 bits per heavy atom. The second kappa shape index (κ2) is 8.74. The summed E-state index contributed by atoms with van der Waals surface area (Å²) >= 11 is 1.62. The van der Waals surface area contributed by atoms with E-state index in [9.17, 15) is 4.39 Å². The van der Waals surface area contributed by atoms with E-state index < -0.39 is 0 Å². The van der Waals surface area contributed by atoms with Crippen molar-refractivity contribution in [1.82, 2.24) is 14.8 Å². The summed E-state index contributed by atoms with van der Waals surface area (Å²) in [5.74, 6) is 1.14. The third kappa shape index (κ3) is 5.76. The Balaban J connectivity index is 1.43. The monoisotopic (exact) mass is 363 g/mol. The van der Waals surface area contributed by atoms with Crippen molar-refractivity contribution in [2.24, 2.45) is 5.92 Å². The minimum Gasteiger partial charge on any atom is -0.486 e. The molecule has 1 aromatic heterocycles. The Morgan fingerprint density at radius 3 is 2.48 bits per heavy atom. The Hall–Kier alpha value is -1.50. The molecular weight excluding hydrogens is 337 g/mol. The second-order valence-electron chi connectivity index (χ2n) is 6.95. The van der Waals surface area contributed by atoms with Gasteiger partial charge in [-0.1, -0.05) is 13.8 Å². The quantitative estimate of drug-likeness (QED) is 0.751. The van der Waals surface area contributed by atoms with Gasteiger partial charge in [0.2, 0.25) is 0 Å². The maximum absolute atomic E-state index is 12.9. The molecule has 1 aliphatic rings. The van der Waals surface area contributed by atoms with Crippen LogP contribution in [0.3, 0.4) is 0 Å². The number of nitrogens with zero attached hydrogens (tertiary/aromatic N) is 3. The van der Waals surface area contributed by atoms with E-state index in [-0.39, 0.29) is 5.82 Å². The molecule has 0 atom stereocenters. The summed E-state index contributed by atoms with van der Waals surface area (Å²) in [7, 11) is 0. The van der Waals surface area contributed by atoms with Gasteiger partial charge in [-0.2, -0.15) is 0 Å². The first-order chi connectivity index (χ1) is 12.1. The third-order valence-corrected chi connectivity index (χ3v) is 5.12. The molecule has 1 aliphatic heterocycles. The summed E-state index contributed by atoms with van der Waals surface area (Å²) in [6, 6.07) is 6.09. The lowest BCUT2D eigenvalue weighted by molar-refractivity contribution is 0.116. The van der Waals surface area contributed by atoms with Crippen molar-refractivity contribution in [3.63, 3.8) is 0 Å². The predicted molar refractivity (Wildman–Crippen MR) is 99.4 cm³/mol. The molecule has 0 bridgehead atoms. The van der Waals surface area contributed by atoms with E-state index in [0.717, 1.165) is 49.3 Å². The van der Waals surface area contributed by atoms with E-state index in [0.29, 0.717) is 12.4 Å². The number of hydrogen-bond donors (Lipinski definition) is 0. The number of thiazole rings is 1. The van der Waals surface area contributed by atoms with Crippen molar-refractivity contribution < 1.29 is 9.13 Å². The highest BCUT2D eigenvalue weighted by Crippen LogP contribution is 2.17. The SMILES string of the molecule is CC(C)CN1CCN(Cc2csc(COc3ccc(F)cc3)n2)CC1. The van der Waals surface area contributed by atoms with Gasteiger partial charge < -0.3 is 9.64 Å². The fraction of sp³-hybridized carbons (Fsp3) is 0.526. The molecule has 0 saturated carbocycles. The van der Waals surface area contributed by atoms with Crippen molar-refractivity contribution in [1.29, 1.82) is 0 Å². The first-order valence-corrected chi connectivity index (χ1v) is 9.73. The van der Waals surface area contributed by atoms with Gasteiger partial charge in [0.15, 0.2) is 0 Å². The van der Waals surface area contributed by atoms with Gasteiger partial charge >= 0.3 is 0 Å². The average Bonchev–Trinajstić information content (AvgIpc) is 3.03. The van der Waals surface area contributed by atoms with Crippen LogP contribution in [0.2, 0.25) is 0 Å². The minimum absolute atomic E-state index is 0.252. The van der Waals surface area contributed by atoms with Crippen LogP contribution in [-0.4, -0.2) is 47.5 Å². The molecule has 1 aromatic carbocycles.